The lowest BCUT2D eigenvalue weighted by molar-refractivity contribution is 0.355. The Kier molecular flexibility index (Phi) is 3.70. The minimum atomic E-state index is 0.403. The summed E-state index contributed by atoms with van der Waals surface area (Å²) in [4.78, 5) is 0. The van der Waals surface area contributed by atoms with Crippen LogP contribution in [0.2, 0.25) is 5.02 Å². The van der Waals surface area contributed by atoms with Gasteiger partial charge in [0.15, 0.2) is 11.5 Å². The second-order valence-corrected chi connectivity index (χ2v) is 3.12. The fourth-order valence-corrected chi connectivity index (χ4v) is 1.51. The van der Waals surface area contributed by atoms with E-state index in [1.54, 1.807) is 26.4 Å². The number of methoxy groups -OCH3 is 2. The zero-order valence-electron chi connectivity index (χ0n) is 7.43. The molecule has 0 aliphatic carbocycles. The molecule has 0 atom stereocenters. The van der Waals surface area contributed by atoms with E-state index in [0.717, 1.165) is 5.56 Å². The van der Waals surface area contributed by atoms with E-state index in [9.17, 15) is 0 Å². The summed E-state index contributed by atoms with van der Waals surface area (Å²) in [6, 6.07) is 3.56. The predicted octanol–water partition coefficient (Wildman–Crippen LogP) is 3.10. The van der Waals surface area contributed by atoms with Crippen molar-refractivity contribution >= 4 is 23.2 Å². The molecule has 1 aromatic carbocycles. The number of halogens is 2. The van der Waals surface area contributed by atoms with Crippen LogP contribution in [-0.4, -0.2) is 14.2 Å². The van der Waals surface area contributed by atoms with E-state index < -0.39 is 0 Å². The van der Waals surface area contributed by atoms with Gasteiger partial charge in [0.2, 0.25) is 0 Å². The van der Waals surface area contributed by atoms with Gasteiger partial charge in [0.1, 0.15) is 0 Å². The smallest absolute Gasteiger partial charge is 0.179 e. The number of benzene rings is 1. The van der Waals surface area contributed by atoms with Crippen LogP contribution >= 0.6 is 23.2 Å². The van der Waals surface area contributed by atoms with Gasteiger partial charge >= 0.3 is 0 Å². The Labute approximate surface area is 87.4 Å². The molecule has 0 amide bonds. The van der Waals surface area contributed by atoms with Gasteiger partial charge in [-0.1, -0.05) is 11.6 Å². The van der Waals surface area contributed by atoms with Crippen molar-refractivity contribution in [1.82, 2.24) is 0 Å². The summed E-state index contributed by atoms with van der Waals surface area (Å²) in [6.45, 7) is 0. The summed E-state index contributed by atoms with van der Waals surface area (Å²) in [5.41, 5.74) is 0.907. The summed E-state index contributed by atoms with van der Waals surface area (Å²) >= 11 is 11.6. The monoisotopic (exact) mass is 220 g/mol. The average Bonchev–Trinajstić information content (AvgIpc) is 2.16. The van der Waals surface area contributed by atoms with Crippen molar-refractivity contribution in [3.8, 4) is 11.5 Å². The van der Waals surface area contributed by atoms with Crippen molar-refractivity contribution < 1.29 is 9.47 Å². The van der Waals surface area contributed by atoms with Gasteiger partial charge in [-0.05, 0) is 17.7 Å². The maximum atomic E-state index is 5.93. The molecule has 13 heavy (non-hydrogen) atoms. The van der Waals surface area contributed by atoms with E-state index >= 15 is 0 Å². The SMILES string of the molecule is COc1cc(CCl)cc(Cl)c1OC. The summed E-state index contributed by atoms with van der Waals surface area (Å²) in [5.74, 6) is 1.55. The van der Waals surface area contributed by atoms with Crippen LogP contribution in [0.3, 0.4) is 0 Å². The fourth-order valence-electron chi connectivity index (χ4n) is 1.05. The molecule has 0 saturated carbocycles. The third-order valence-corrected chi connectivity index (χ3v) is 2.24. The Morgan fingerprint density at radius 2 is 1.92 bits per heavy atom. The summed E-state index contributed by atoms with van der Waals surface area (Å²) in [5, 5.41) is 0.512. The van der Waals surface area contributed by atoms with Crippen molar-refractivity contribution in [2.24, 2.45) is 0 Å². The van der Waals surface area contributed by atoms with Crippen LogP contribution in [0.4, 0.5) is 0 Å². The average molecular weight is 221 g/mol. The number of hydrogen-bond acceptors (Lipinski definition) is 2. The number of hydrogen-bond donors (Lipinski definition) is 0. The molecule has 2 nitrogen and oxygen atoms in total. The molecule has 0 fully saturated rings. The zero-order valence-corrected chi connectivity index (χ0v) is 8.95. The van der Waals surface area contributed by atoms with Crippen LogP contribution < -0.4 is 9.47 Å². The van der Waals surface area contributed by atoms with E-state index in [0.29, 0.717) is 22.4 Å². The van der Waals surface area contributed by atoms with Gasteiger partial charge in [-0.25, -0.2) is 0 Å². The summed E-state index contributed by atoms with van der Waals surface area (Å²) in [7, 11) is 3.11. The molecule has 0 unspecified atom stereocenters. The van der Waals surface area contributed by atoms with E-state index in [-0.39, 0.29) is 0 Å². The van der Waals surface area contributed by atoms with Gasteiger partial charge in [-0.15, -0.1) is 11.6 Å². The van der Waals surface area contributed by atoms with E-state index in [1.165, 1.54) is 0 Å². The molecular formula is C9H10Cl2O2. The van der Waals surface area contributed by atoms with E-state index in [4.69, 9.17) is 32.7 Å². The molecule has 4 heteroatoms. The normalized spacial score (nSPS) is 9.85. The Hall–Kier alpha value is -0.600. The van der Waals surface area contributed by atoms with Crippen molar-refractivity contribution in [2.75, 3.05) is 14.2 Å². The van der Waals surface area contributed by atoms with Gasteiger partial charge in [0.05, 0.1) is 19.2 Å². The lowest BCUT2D eigenvalue weighted by Gasteiger charge is -2.10. The molecule has 0 aliphatic heterocycles. The molecule has 0 saturated heterocycles. The topological polar surface area (TPSA) is 18.5 Å². The van der Waals surface area contributed by atoms with Crippen LogP contribution in [0.15, 0.2) is 12.1 Å². The van der Waals surface area contributed by atoms with Crippen molar-refractivity contribution in [3.63, 3.8) is 0 Å². The van der Waals surface area contributed by atoms with Gasteiger partial charge < -0.3 is 9.47 Å². The highest BCUT2D eigenvalue weighted by Crippen LogP contribution is 2.36. The van der Waals surface area contributed by atoms with Gasteiger partial charge in [0, 0.05) is 5.88 Å². The lowest BCUT2D eigenvalue weighted by atomic mass is 10.2. The molecule has 0 aliphatic rings. The molecule has 0 heterocycles. The minimum absolute atomic E-state index is 0.403. The van der Waals surface area contributed by atoms with Crippen LogP contribution in [0.1, 0.15) is 5.56 Å². The standard InChI is InChI=1S/C9H10Cl2O2/c1-12-8-4-6(5-10)3-7(11)9(8)13-2/h3-4H,5H2,1-2H3. The van der Waals surface area contributed by atoms with Gasteiger partial charge in [0.25, 0.3) is 0 Å². The van der Waals surface area contributed by atoms with Crippen LogP contribution in [-0.2, 0) is 5.88 Å². The van der Waals surface area contributed by atoms with Crippen LogP contribution in [0, 0.1) is 0 Å². The number of ether oxygens (including phenoxy) is 2. The summed E-state index contributed by atoms with van der Waals surface area (Å²) in [6.07, 6.45) is 0. The third-order valence-electron chi connectivity index (χ3n) is 1.65. The highest BCUT2D eigenvalue weighted by atomic mass is 35.5. The first kappa shape index (κ1) is 10.5. The fraction of sp³-hybridized carbons (Fsp3) is 0.333. The molecule has 0 radical (unpaired) electrons. The Morgan fingerprint density at radius 1 is 1.23 bits per heavy atom. The zero-order chi connectivity index (χ0) is 9.84. The lowest BCUT2D eigenvalue weighted by Crippen LogP contribution is -1.92. The Morgan fingerprint density at radius 3 is 2.38 bits per heavy atom. The largest absolute Gasteiger partial charge is 0.493 e. The highest BCUT2D eigenvalue weighted by Gasteiger charge is 2.09. The minimum Gasteiger partial charge on any atom is -0.493 e. The van der Waals surface area contributed by atoms with Crippen LogP contribution in [0.25, 0.3) is 0 Å². The molecule has 0 aromatic heterocycles. The Bertz CT molecular complexity index is 300. The molecule has 0 bridgehead atoms. The first-order valence-electron chi connectivity index (χ1n) is 3.69. The number of rotatable bonds is 3. The van der Waals surface area contributed by atoms with Gasteiger partial charge in [-0.2, -0.15) is 0 Å². The molecule has 1 aromatic rings. The van der Waals surface area contributed by atoms with E-state index in [1.807, 2.05) is 0 Å². The molecular weight excluding hydrogens is 211 g/mol. The van der Waals surface area contributed by atoms with Crippen LogP contribution in [0.5, 0.6) is 11.5 Å². The molecule has 1 rings (SSSR count). The molecule has 0 spiro atoms. The molecule has 72 valence electrons. The van der Waals surface area contributed by atoms with Crippen molar-refractivity contribution in [1.29, 1.82) is 0 Å². The van der Waals surface area contributed by atoms with Gasteiger partial charge in [-0.3, -0.25) is 0 Å². The maximum absolute atomic E-state index is 5.93. The highest BCUT2D eigenvalue weighted by molar-refractivity contribution is 6.32. The number of alkyl halides is 1. The predicted molar refractivity (Wildman–Crippen MR) is 54.1 cm³/mol. The van der Waals surface area contributed by atoms with Crippen molar-refractivity contribution in [3.05, 3.63) is 22.7 Å². The maximum Gasteiger partial charge on any atom is 0.179 e. The summed E-state index contributed by atoms with van der Waals surface area (Å²) < 4.78 is 10.2. The third kappa shape index (κ3) is 2.20. The quantitative estimate of drug-likeness (QED) is 0.730. The van der Waals surface area contributed by atoms with Crippen molar-refractivity contribution in [2.45, 2.75) is 5.88 Å². The second kappa shape index (κ2) is 4.58. The Balaban J connectivity index is 3.20. The first-order chi connectivity index (χ1) is 6.22. The first-order valence-corrected chi connectivity index (χ1v) is 4.60. The van der Waals surface area contributed by atoms with E-state index in [2.05, 4.69) is 0 Å². The second-order valence-electron chi connectivity index (χ2n) is 2.45. The molecule has 0 N–H and O–H groups in total.